The van der Waals surface area contributed by atoms with Gasteiger partial charge in [-0.15, -0.1) is 0 Å². The first-order valence-corrected chi connectivity index (χ1v) is 21.1. The van der Waals surface area contributed by atoms with E-state index in [9.17, 15) is 10.2 Å². The molecule has 41 heavy (non-hydrogen) atoms. The number of aromatic hydroxyl groups is 2. The molecule has 0 amide bonds. The molecule has 4 rings (SSSR count). The second-order valence-corrected chi connectivity index (χ2v) is 26.9. The third-order valence-electron chi connectivity index (χ3n) is 11.2. The van der Waals surface area contributed by atoms with Crippen molar-refractivity contribution in [2.75, 3.05) is 0 Å². The molecule has 0 saturated heterocycles. The van der Waals surface area contributed by atoms with Crippen LogP contribution in [0.25, 0.3) is 0 Å². The Kier molecular flexibility index (Phi) is 7.06. The fraction of sp³-hybridized carbons (Fsp3) is 0.657. The third-order valence-corrected chi connectivity index (χ3v) is 19.9. The average Bonchev–Trinajstić information content (AvgIpc) is 3.11. The SMILES string of the molecule is Cc1c(O)c(O)cc2c1C1(CC2(C)C)CC(C)(C)c2cc(O[Si](C)(C)C(C)(C)C)c(O[Si](C)(C)C(C)(C)C)c(C)c21. The Bertz CT molecular complexity index is 1400. The Morgan fingerprint density at radius 2 is 1.10 bits per heavy atom. The summed E-state index contributed by atoms with van der Waals surface area (Å²) >= 11 is 0. The lowest BCUT2D eigenvalue weighted by Gasteiger charge is -2.41. The number of fused-ring (bicyclic) bond motifs is 4. The van der Waals surface area contributed by atoms with E-state index in [0.29, 0.717) is 0 Å². The minimum atomic E-state index is -2.21. The fourth-order valence-electron chi connectivity index (χ4n) is 7.14. The van der Waals surface area contributed by atoms with Crippen molar-refractivity contribution in [2.24, 2.45) is 0 Å². The van der Waals surface area contributed by atoms with Gasteiger partial charge in [0.1, 0.15) is 11.5 Å². The Morgan fingerprint density at radius 3 is 1.56 bits per heavy atom. The van der Waals surface area contributed by atoms with Gasteiger partial charge in [-0.25, -0.2) is 0 Å². The smallest absolute Gasteiger partial charge is 0.250 e. The molecule has 1 spiro atoms. The van der Waals surface area contributed by atoms with Gasteiger partial charge in [-0.05, 0) is 119 Å². The predicted molar refractivity (Wildman–Crippen MR) is 177 cm³/mol. The van der Waals surface area contributed by atoms with Crippen LogP contribution in [0.15, 0.2) is 12.1 Å². The molecule has 0 heterocycles. The lowest BCUT2D eigenvalue weighted by molar-refractivity contribution is 0.347. The molecular formula is C35H56O4Si2. The predicted octanol–water partition coefficient (Wildman–Crippen LogP) is 10.1. The number of hydrogen-bond donors (Lipinski definition) is 2. The van der Waals surface area contributed by atoms with Crippen LogP contribution >= 0.6 is 0 Å². The molecule has 2 aromatic rings. The van der Waals surface area contributed by atoms with E-state index in [1.165, 1.54) is 22.3 Å². The maximum Gasteiger partial charge on any atom is 0.250 e. The molecule has 1 atom stereocenters. The summed E-state index contributed by atoms with van der Waals surface area (Å²) in [6, 6.07) is 4.13. The van der Waals surface area contributed by atoms with Crippen LogP contribution in [-0.4, -0.2) is 26.8 Å². The van der Waals surface area contributed by atoms with Crippen molar-refractivity contribution < 1.29 is 19.1 Å². The maximum absolute atomic E-state index is 11.0. The molecule has 2 N–H and O–H groups in total. The molecule has 2 aliphatic rings. The van der Waals surface area contributed by atoms with Crippen molar-refractivity contribution in [3.8, 4) is 23.0 Å². The van der Waals surface area contributed by atoms with Gasteiger partial charge in [-0.2, -0.15) is 0 Å². The van der Waals surface area contributed by atoms with Gasteiger partial charge in [0.25, 0.3) is 16.6 Å². The highest BCUT2D eigenvalue weighted by Gasteiger charge is 2.59. The highest BCUT2D eigenvalue weighted by Crippen LogP contribution is 2.67. The van der Waals surface area contributed by atoms with Crippen molar-refractivity contribution in [1.29, 1.82) is 0 Å². The highest BCUT2D eigenvalue weighted by atomic mass is 28.4. The molecule has 4 nitrogen and oxygen atoms in total. The van der Waals surface area contributed by atoms with Gasteiger partial charge in [-0.3, -0.25) is 0 Å². The summed E-state index contributed by atoms with van der Waals surface area (Å²) in [5, 5.41) is 21.7. The molecule has 1 unspecified atom stereocenters. The van der Waals surface area contributed by atoms with Crippen LogP contribution in [0.3, 0.4) is 0 Å². The molecule has 2 aromatic carbocycles. The molecular weight excluding hydrogens is 541 g/mol. The van der Waals surface area contributed by atoms with E-state index in [4.69, 9.17) is 8.85 Å². The second kappa shape index (κ2) is 9.04. The summed E-state index contributed by atoms with van der Waals surface area (Å²) < 4.78 is 14.4. The number of benzene rings is 2. The number of phenols is 2. The van der Waals surface area contributed by atoms with Gasteiger partial charge >= 0.3 is 0 Å². The Morgan fingerprint density at radius 1 is 0.683 bits per heavy atom. The maximum atomic E-state index is 11.0. The van der Waals surface area contributed by atoms with Crippen LogP contribution in [0.4, 0.5) is 0 Å². The van der Waals surface area contributed by atoms with Gasteiger partial charge in [0.05, 0.1) is 0 Å². The molecule has 0 aliphatic heterocycles. The minimum absolute atomic E-state index is 0.000334. The summed E-state index contributed by atoms with van der Waals surface area (Å²) in [5.74, 6) is 1.77. The lowest BCUT2D eigenvalue weighted by atomic mass is 9.70. The first-order chi connectivity index (χ1) is 18.2. The van der Waals surface area contributed by atoms with Crippen LogP contribution in [0.2, 0.25) is 36.3 Å². The highest BCUT2D eigenvalue weighted by molar-refractivity contribution is 6.75. The second-order valence-electron chi connectivity index (χ2n) is 17.5. The van der Waals surface area contributed by atoms with Crippen molar-refractivity contribution in [3.05, 3.63) is 45.5 Å². The van der Waals surface area contributed by atoms with Crippen LogP contribution in [0.5, 0.6) is 23.0 Å². The largest absolute Gasteiger partial charge is 0.541 e. The zero-order valence-corrected chi connectivity index (χ0v) is 30.8. The molecule has 0 aromatic heterocycles. The van der Waals surface area contributed by atoms with Crippen molar-refractivity contribution >= 4 is 16.6 Å². The number of rotatable bonds is 4. The van der Waals surface area contributed by atoms with E-state index in [2.05, 4.69) is 108 Å². The van der Waals surface area contributed by atoms with Gasteiger partial charge in [0, 0.05) is 5.41 Å². The van der Waals surface area contributed by atoms with E-state index in [-0.39, 0.29) is 37.8 Å². The van der Waals surface area contributed by atoms with Crippen LogP contribution in [0, 0.1) is 13.8 Å². The molecule has 0 bridgehead atoms. The number of hydrogen-bond acceptors (Lipinski definition) is 4. The molecule has 0 radical (unpaired) electrons. The van der Waals surface area contributed by atoms with Crippen LogP contribution in [0.1, 0.15) is 115 Å². The standard InChI is InChI=1S/C35H56O4Si2/c1-21-27-23(17-25(36)29(21)37)33(9,10)19-35(27)20-34(11,12)24-18-26(38-40(13,14)31(3,4)5)30(22(2)28(24)35)39-41(15,16)32(6,7)8/h17-18,36-37H,19-20H2,1-16H3. The van der Waals surface area contributed by atoms with Crippen LogP contribution in [-0.2, 0) is 16.2 Å². The fourth-order valence-corrected chi connectivity index (χ4v) is 9.22. The summed E-state index contributed by atoms with van der Waals surface area (Å²) in [6.07, 6.45) is 1.85. The first-order valence-electron chi connectivity index (χ1n) is 15.3. The molecule has 6 heteroatoms. The van der Waals surface area contributed by atoms with Crippen LogP contribution < -0.4 is 8.85 Å². The van der Waals surface area contributed by atoms with E-state index in [1.807, 2.05) is 13.0 Å². The third kappa shape index (κ3) is 4.76. The normalized spacial score (nSPS) is 21.7. The van der Waals surface area contributed by atoms with E-state index in [0.717, 1.165) is 35.5 Å². The lowest BCUT2D eigenvalue weighted by Crippen LogP contribution is -2.46. The Labute approximate surface area is 252 Å². The van der Waals surface area contributed by atoms with Crippen molar-refractivity contribution in [2.45, 2.75) is 148 Å². The van der Waals surface area contributed by atoms with E-state index < -0.39 is 16.6 Å². The topological polar surface area (TPSA) is 58.9 Å². The van der Waals surface area contributed by atoms with Gasteiger partial charge in [-0.1, -0.05) is 69.2 Å². The number of phenolic OH excluding ortho intramolecular Hbond substituents is 2. The first kappa shape index (κ1) is 32.0. The Balaban J connectivity index is 2.11. The molecule has 0 fully saturated rings. The summed E-state index contributed by atoms with van der Waals surface area (Å²) in [5.41, 5.74) is 6.37. The zero-order valence-electron chi connectivity index (χ0n) is 28.8. The monoisotopic (exact) mass is 596 g/mol. The zero-order chi connectivity index (χ0) is 31.5. The average molecular weight is 597 g/mol. The van der Waals surface area contributed by atoms with E-state index >= 15 is 0 Å². The molecule has 228 valence electrons. The summed E-state index contributed by atoms with van der Waals surface area (Å²) in [7, 11) is -4.38. The molecule has 2 aliphatic carbocycles. The quantitative estimate of drug-likeness (QED) is 0.272. The Hall–Kier alpha value is -1.93. The van der Waals surface area contributed by atoms with Crippen molar-refractivity contribution in [1.82, 2.24) is 0 Å². The summed E-state index contributed by atoms with van der Waals surface area (Å²) in [4.78, 5) is 0. The summed E-state index contributed by atoms with van der Waals surface area (Å²) in [6.45, 7) is 36.4. The minimum Gasteiger partial charge on any atom is -0.541 e. The molecule has 0 saturated carbocycles. The van der Waals surface area contributed by atoms with Crippen molar-refractivity contribution in [3.63, 3.8) is 0 Å². The van der Waals surface area contributed by atoms with Gasteiger partial charge in [0.2, 0.25) is 0 Å². The van der Waals surface area contributed by atoms with E-state index in [1.54, 1.807) is 0 Å². The van der Waals surface area contributed by atoms with Gasteiger partial charge in [0.15, 0.2) is 11.5 Å². The van der Waals surface area contributed by atoms with Gasteiger partial charge < -0.3 is 19.1 Å².